The first-order valence-corrected chi connectivity index (χ1v) is 4.68. The Morgan fingerprint density at radius 1 is 1.62 bits per heavy atom. The Hall–Kier alpha value is -1.04. The fraction of sp³-hybridized carbons (Fsp3) is 0.571. The van der Waals surface area contributed by atoms with Gasteiger partial charge in [-0.3, -0.25) is 9.48 Å². The van der Waals surface area contributed by atoms with Crippen molar-refractivity contribution in [2.45, 2.75) is 13.0 Å². The van der Waals surface area contributed by atoms with Crippen molar-refractivity contribution in [3.8, 4) is 0 Å². The number of thiol groups is 1. The van der Waals surface area contributed by atoms with Gasteiger partial charge in [-0.25, -0.2) is 0 Å². The van der Waals surface area contributed by atoms with Crippen LogP contribution < -0.4 is 5.32 Å². The van der Waals surface area contributed by atoms with Crippen molar-refractivity contribution in [2.75, 3.05) is 12.3 Å². The minimum atomic E-state index is -0.0399. The van der Waals surface area contributed by atoms with E-state index in [2.05, 4.69) is 28.3 Å². The third-order valence-corrected chi connectivity index (χ3v) is 1.79. The lowest BCUT2D eigenvalue weighted by Gasteiger charge is -2.02. The summed E-state index contributed by atoms with van der Waals surface area (Å²) in [5.41, 5.74) is 0. The van der Waals surface area contributed by atoms with E-state index in [9.17, 15) is 4.79 Å². The zero-order valence-corrected chi connectivity index (χ0v) is 8.07. The molecule has 1 heterocycles. The number of nitrogens with one attached hydrogen (secondary N) is 1. The zero-order chi connectivity index (χ0) is 9.52. The van der Waals surface area contributed by atoms with Gasteiger partial charge in [0.2, 0.25) is 5.91 Å². The smallest absolute Gasteiger partial charge is 0.229 e. The standard InChI is InChI=1S/C7H12N4OS/c12-7(6-13)8-2-1-4-11-5-3-9-10-11/h3,5,13H,1-2,4,6H2,(H,8,12). The van der Waals surface area contributed by atoms with Crippen LogP contribution >= 0.6 is 12.6 Å². The summed E-state index contributed by atoms with van der Waals surface area (Å²) in [7, 11) is 0. The second-order valence-corrected chi connectivity index (χ2v) is 2.84. The summed E-state index contributed by atoms with van der Waals surface area (Å²) >= 11 is 3.84. The van der Waals surface area contributed by atoms with Crippen LogP contribution in [-0.2, 0) is 11.3 Å². The molecule has 0 atom stereocenters. The van der Waals surface area contributed by atoms with Crippen LogP contribution in [0.1, 0.15) is 6.42 Å². The number of aromatic nitrogens is 3. The molecule has 0 aromatic carbocycles. The van der Waals surface area contributed by atoms with E-state index < -0.39 is 0 Å². The Bertz CT molecular complexity index is 249. The number of aryl methyl sites for hydroxylation is 1. The average Bonchev–Trinajstić information content (AvgIpc) is 2.64. The highest BCUT2D eigenvalue weighted by atomic mass is 32.1. The van der Waals surface area contributed by atoms with Gasteiger partial charge in [0.05, 0.1) is 11.9 Å². The van der Waals surface area contributed by atoms with Gasteiger partial charge in [0.25, 0.3) is 0 Å². The van der Waals surface area contributed by atoms with Gasteiger partial charge in [-0.1, -0.05) is 5.21 Å². The van der Waals surface area contributed by atoms with Crippen molar-refractivity contribution in [3.05, 3.63) is 12.4 Å². The van der Waals surface area contributed by atoms with Crippen LogP contribution in [0, 0.1) is 0 Å². The molecule has 72 valence electrons. The quantitative estimate of drug-likeness (QED) is 0.507. The summed E-state index contributed by atoms with van der Waals surface area (Å²) in [6.07, 6.45) is 4.27. The van der Waals surface area contributed by atoms with Crippen LogP contribution in [0.5, 0.6) is 0 Å². The van der Waals surface area contributed by atoms with Crippen molar-refractivity contribution >= 4 is 18.5 Å². The highest BCUT2D eigenvalue weighted by molar-refractivity contribution is 7.81. The second-order valence-electron chi connectivity index (χ2n) is 2.53. The van der Waals surface area contributed by atoms with E-state index in [1.807, 2.05) is 0 Å². The van der Waals surface area contributed by atoms with E-state index in [4.69, 9.17) is 0 Å². The van der Waals surface area contributed by atoms with E-state index in [0.717, 1.165) is 13.0 Å². The minimum absolute atomic E-state index is 0.0399. The molecule has 6 heteroatoms. The van der Waals surface area contributed by atoms with Gasteiger partial charge in [-0.2, -0.15) is 12.6 Å². The summed E-state index contributed by atoms with van der Waals surface area (Å²) in [5, 5.41) is 10.2. The van der Waals surface area contributed by atoms with Crippen molar-refractivity contribution in [1.82, 2.24) is 20.3 Å². The largest absolute Gasteiger partial charge is 0.355 e. The highest BCUT2D eigenvalue weighted by Gasteiger charge is 1.96. The Kier molecular flexibility index (Phi) is 4.31. The summed E-state index contributed by atoms with van der Waals surface area (Å²) in [6.45, 7) is 1.42. The molecule has 1 amide bonds. The van der Waals surface area contributed by atoms with Crippen LogP contribution in [0.2, 0.25) is 0 Å². The zero-order valence-electron chi connectivity index (χ0n) is 7.18. The van der Waals surface area contributed by atoms with Crippen LogP contribution in [-0.4, -0.2) is 33.2 Å². The summed E-state index contributed by atoms with van der Waals surface area (Å²) < 4.78 is 1.73. The Morgan fingerprint density at radius 3 is 3.08 bits per heavy atom. The molecular formula is C7H12N4OS. The maximum absolute atomic E-state index is 10.8. The lowest BCUT2D eigenvalue weighted by molar-refractivity contribution is -0.118. The molecule has 1 N–H and O–H groups in total. The molecule has 1 rings (SSSR count). The predicted octanol–water partition coefficient (Wildman–Crippen LogP) is -0.286. The normalized spacial score (nSPS) is 9.92. The first kappa shape index (κ1) is 10.0. The van der Waals surface area contributed by atoms with Crippen molar-refractivity contribution in [3.63, 3.8) is 0 Å². The number of amides is 1. The van der Waals surface area contributed by atoms with Gasteiger partial charge in [0.15, 0.2) is 0 Å². The molecular weight excluding hydrogens is 188 g/mol. The molecule has 1 aromatic rings. The molecule has 0 saturated heterocycles. The lowest BCUT2D eigenvalue weighted by Crippen LogP contribution is -2.26. The van der Waals surface area contributed by atoms with E-state index in [0.29, 0.717) is 6.54 Å². The fourth-order valence-electron chi connectivity index (χ4n) is 0.877. The van der Waals surface area contributed by atoms with Crippen LogP contribution in [0.25, 0.3) is 0 Å². The van der Waals surface area contributed by atoms with Crippen LogP contribution in [0.15, 0.2) is 12.4 Å². The van der Waals surface area contributed by atoms with Gasteiger partial charge in [0.1, 0.15) is 0 Å². The fourth-order valence-corrected chi connectivity index (χ4v) is 0.989. The third kappa shape index (κ3) is 3.93. The monoisotopic (exact) mass is 200 g/mol. The third-order valence-electron chi connectivity index (χ3n) is 1.50. The number of carbonyl (C=O) groups excluding carboxylic acids is 1. The molecule has 1 aromatic heterocycles. The van der Waals surface area contributed by atoms with Crippen molar-refractivity contribution < 1.29 is 4.79 Å². The predicted molar refractivity (Wildman–Crippen MR) is 51.5 cm³/mol. The number of nitrogens with zero attached hydrogens (tertiary/aromatic N) is 3. The van der Waals surface area contributed by atoms with Crippen LogP contribution in [0.3, 0.4) is 0 Å². The molecule has 0 aliphatic rings. The van der Waals surface area contributed by atoms with E-state index in [1.165, 1.54) is 0 Å². The first-order valence-electron chi connectivity index (χ1n) is 4.04. The van der Waals surface area contributed by atoms with Gasteiger partial charge < -0.3 is 5.32 Å². The molecule has 0 radical (unpaired) electrons. The topological polar surface area (TPSA) is 59.8 Å². The average molecular weight is 200 g/mol. The van der Waals surface area contributed by atoms with E-state index in [1.54, 1.807) is 17.1 Å². The molecule has 0 unspecified atom stereocenters. The molecule has 0 spiro atoms. The maximum atomic E-state index is 10.8. The van der Waals surface area contributed by atoms with Crippen LogP contribution in [0.4, 0.5) is 0 Å². The number of carbonyl (C=O) groups is 1. The molecule has 0 aliphatic heterocycles. The van der Waals surface area contributed by atoms with Crippen molar-refractivity contribution in [1.29, 1.82) is 0 Å². The van der Waals surface area contributed by atoms with E-state index >= 15 is 0 Å². The Balaban J connectivity index is 2.05. The molecule has 0 bridgehead atoms. The Morgan fingerprint density at radius 2 is 2.46 bits per heavy atom. The van der Waals surface area contributed by atoms with Gasteiger partial charge in [-0.05, 0) is 6.42 Å². The summed E-state index contributed by atoms with van der Waals surface area (Å²) in [4.78, 5) is 10.8. The number of hydrogen-bond donors (Lipinski definition) is 2. The molecule has 0 fully saturated rings. The first-order chi connectivity index (χ1) is 6.33. The minimum Gasteiger partial charge on any atom is -0.355 e. The maximum Gasteiger partial charge on any atom is 0.229 e. The molecule has 0 saturated carbocycles. The number of rotatable bonds is 5. The van der Waals surface area contributed by atoms with Gasteiger partial charge >= 0.3 is 0 Å². The van der Waals surface area contributed by atoms with Crippen molar-refractivity contribution in [2.24, 2.45) is 0 Å². The van der Waals surface area contributed by atoms with Gasteiger partial charge in [0, 0.05) is 19.3 Å². The SMILES string of the molecule is O=C(CS)NCCCn1ccnn1. The molecule has 13 heavy (non-hydrogen) atoms. The van der Waals surface area contributed by atoms with E-state index in [-0.39, 0.29) is 11.7 Å². The number of hydrogen-bond acceptors (Lipinski definition) is 4. The second kappa shape index (κ2) is 5.58. The Labute approximate surface area is 81.9 Å². The lowest BCUT2D eigenvalue weighted by atomic mass is 10.4. The molecule has 5 nitrogen and oxygen atoms in total. The van der Waals surface area contributed by atoms with Gasteiger partial charge in [-0.15, -0.1) is 5.10 Å². The summed E-state index contributed by atoms with van der Waals surface area (Å²) in [6, 6.07) is 0. The molecule has 0 aliphatic carbocycles. The highest BCUT2D eigenvalue weighted by Crippen LogP contribution is 1.85. The summed E-state index contributed by atoms with van der Waals surface area (Å²) in [5.74, 6) is 0.200.